The monoisotopic (exact) mass is 603 g/mol. The minimum Gasteiger partial charge on any atom is -0.480 e. The van der Waals surface area contributed by atoms with E-state index < -0.39 is 45.9 Å². The summed E-state index contributed by atoms with van der Waals surface area (Å²) in [6.07, 6.45) is 1.52. The molecule has 0 unspecified atom stereocenters. The Labute approximate surface area is 246 Å². The predicted octanol–water partition coefficient (Wildman–Crippen LogP) is 0.121. The van der Waals surface area contributed by atoms with E-state index in [1.165, 1.54) is 12.1 Å². The number of carbonyl (C=O) groups excluding carboxylic acids is 2. The van der Waals surface area contributed by atoms with E-state index in [0.717, 1.165) is 5.56 Å². The Balaban J connectivity index is 2.27. The van der Waals surface area contributed by atoms with Gasteiger partial charge in [-0.2, -0.15) is 4.72 Å². The molecule has 14 heteroatoms. The summed E-state index contributed by atoms with van der Waals surface area (Å²) >= 11 is 0. The molecule has 0 aliphatic rings. The van der Waals surface area contributed by atoms with Gasteiger partial charge in [0.25, 0.3) is 0 Å². The fourth-order valence-electron chi connectivity index (χ4n) is 4.07. The third-order valence-electron chi connectivity index (χ3n) is 6.37. The van der Waals surface area contributed by atoms with Crippen molar-refractivity contribution in [1.29, 1.82) is 0 Å². The van der Waals surface area contributed by atoms with Crippen LogP contribution in [0.25, 0.3) is 0 Å². The SMILES string of the molecule is Cc1ccc(S(=O)(=O)N[C@H](CCCCN)C(=O)N[C@@H](Cc2ccccc2)C(=O)N[C@@H](CCCN=C(N)N)C(=O)O)cc1. The number of rotatable bonds is 18. The average molecular weight is 604 g/mol. The molecule has 0 saturated carbocycles. The minimum absolute atomic E-state index is 0.00618. The highest BCUT2D eigenvalue weighted by Crippen LogP contribution is 2.13. The van der Waals surface area contributed by atoms with Gasteiger partial charge in [-0.05, 0) is 56.8 Å². The van der Waals surface area contributed by atoms with Crippen molar-refractivity contribution in [2.45, 2.75) is 68.5 Å². The number of sulfonamides is 1. The van der Waals surface area contributed by atoms with Crippen molar-refractivity contribution in [2.75, 3.05) is 13.1 Å². The van der Waals surface area contributed by atoms with Crippen LogP contribution >= 0.6 is 0 Å². The third kappa shape index (κ3) is 11.8. The Morgan fingerprint density at radius 1 is 0.857 bits per heavy atom. The van der Waals surface area contributed by atoms with Crippen molar-refractivity contribution in [2.24, 2.45) is 22.2 Å². The number of carboxylic acids is 1. The molecule has 2 rings (SSSR count). The van der Waals surface area contributed by atoms with Crippen LogP contribution in [0, 0.1) is 6.92 Å². The number of carboxylic acid groups (broad SMARTS) is 1. The molecular weight excluding hydrogens is 562 g/mol. The Kier molecular flexibility index (Phi) is 13.9. The van der Waals surface area contributed by atoms with E-state index >= 15 is 0 Å². The maximum Gasteiger partial charge on any atom is 0.326 e. The van der Waals surface area contributed by atoms with Gasteiger partial charge in [0, 0.05) is 13.0 Å². The molecule has 0 heterocycles. The lowest BCUT2D eigenvalue weighted by Gasteiger charge is -2.25. The van der Waals surface area contributed by atoms with E-state index in [0.29, 0.717) is 24.9 Å². The molecule has 0 radical (unpaired) electrons. The quantitative estimate of drug-likeness (QED) is 0.0695. The van der Waals surface area contributed by atoms with Gasteiger partial charge in [-0.25, -0.2) is 13.2 Å². The van der Waals surface area contributed by atoms with Gasteiger partial charge in [-0.1, -0.05) is 54.4 Å². The number of hydrogen-bond donors (Lipinski definition) is 7. The number of nitrogens with two attached hydrogens (primary N) is 3. The highest BCUT2D eigenvalue weighted by molar-refractivity contribution is 7.89. The normalized spacial score (nSPS) is 13.4. The molecule has 0 aromatic heterocycles. The van der Waals surface area contributed by atoms with Crippen LogP contribution in [0.3, 0.4) is 0 Å². The zero-order valence-corrected chi connectivity index (χ0v) is 24.5. The zero-order chi connectivity index (χ0) is 31.1. The van der Waals surface area contributed by atoms with Crippen LogP contribution in [0.5, 0.6) is 0 Å². The number of benzene rings is 2. The van der Waals surface area contributed by atoms with Crippen molar-refractivity contribution in [3.8, 4) is 0 Å². The number of nitrogens with zero attached hydrogens (tertiary/aromatic N) is 1. The molecule has 0 aliphatic heterocycles. The summed E-state index contributed by atoms with van der Waals surface area (Å²) in [5.41, 5.74) is 17.8. The van der Waals surface area contributed by atoms with Gasteiger partial charge in [0.2, 0.25) is 21.8 Å². The van der Waals surface area contributed by atoms with Crippen LogP contribution in [-0.2, 0) is 30.8 Å². The Hall–Kier alpha value is -4.01. The van der Waals surface area contributed by atoms with Crippen LogP contribution in [-0.4, -0.2) is 68.5 Å². The van der Waals surface area contributed by atoms with Crippen molar-refractivity contribution in [3.63, 3.8) is 0 Å². The topological polar surface area (TPSA) is 232 Å². The standard InChI is InChI=1S/C28H41N7O6S/c1-19-12-14-21(15-13-19)42(40,41)35-22(10-5-6-16-29)25(36)34-24(18-20-8-3-2-4-9-20)26(37)33-23(27(38)39)11-7-17-32-28(30)31/h2-4,8-9,12-15,22-24,35H,5-7,10-11,16-18,29H2,1H3,(H,33,37)(H,34,36)(H,38,39)(H4,30,31,32)/t22-,23+,24+/m1/s1. The molecule has 42 heavy (non-hydrogen) atoms. The summed E-state index contributed by atoms with van der Waals surface area (Å²) in [5.74, 6) is -2.85. The molecule has 2 amide bonds. The van der Waals surface area contributed by atoms with Gasteiger partial charge < -0.3 is 32.9 Å². The fraction of sp³-hybridized carbons (Fsp3) is 0.429. The number of hydrogen-bond acceptors (Lipinski definition) is 7. The number of unbranched alkanes of at least 4 members (excludes halogenated alkanes) is 1. The van der Waals surface area contributed by atoms with E-state index in [2.05, 4.69) is 20.3 Å². The van der Waals surface area contributed by atoms with Gasteiger partial charge in [-0.3, -0.25) is 14.6 Å². The molecule has 13 nitrogen and oxygen atoms in total. The lowest BCUT2D eigenvalue weighted by Crippen LogP contribution is -2.56. The molecule has 2 aromatic rings. The Morgan fingerprint density at radius 2 is 1.45 bits per heavy atom. The number of aryl methyl sites for hydroxylation is 1. The van der Waals surface area contributed by atoms with Crippen molar-refractivity contribution in [1.82, 2.24) is 15.4 Å². The maximum atomic E-state index is 13.5. The second-order valence-corrected chi connectivity index (χ2v) is 11.6. The van der Waals surface area contributed by atoms with E-state index in [1.807, 2.05) is 6.92 Å². The van der Waals surface area contributed by atoms with Crippen molar-refractivity contribution >= 4 is 33.8 Å². The first-order valence-corrected chi connectivity index (χ1v) is 15.1. The predicted molar refractivity (Wildman–Crippen MR) is 160 cm³/mol. The molecular formula is C28H41N7O6S. The lowest BCUT2D eigenvalue weighted by atomic mass is 10.0. The van der Waals surface area contributed by atoms with Gasteiger partial charge in [0.15, 0.2) is 5.96 Å². The number of aliphatic carboxylic acids is 1. The van der Waals surface area contributed by atoms with E-state index in [1.54, 1.807) is 42.5 Å². The van der Waals surface area contributed by atoms with Gasteiger partial charge in [0.05, 0.1) is 4.90 Å². The second-order valence-electron chi connectivity index (χ2n) is 9.87. The van der Waals surface area contributed by atoms with Crippen LogP contribution in [0.1, 0.15) is 43.2 Å². The molecule has 0 spiro atoms. The maximum absolute atomic E-state index is 13.5. The lowest BCUT2D eigenvalue weighted by molar-refractivity contribution is -0.142. The van der Waals surface area contributed by atoms with Crippen LogP contribution < -0.4 is 32.6 Å². The van der Waals surface area contributed by atoms with E-state index in [-0.39, 0.29) is 43.1 Å². The van der Waals surface area contributed by atoms with Gasteiger partial charge in [0.1, 0.15) is 18.1 Å². The summed E-state index contributed by atoms with van der Waals surface area (Å²) in [6, 6.07) is 11.4. The molecule has 10 N–H and O–H groups in total. The molecule has 0 aliphatic carbocycles. The number of aliphatic imine (C=N–C) groups is 1. The molecule has 2 aromatic carbocycles. The number of amides is 2. The van der Waals surface area contributed by atoms with Crippen LogP contribution in [0.2, 0.25) is 0 Å². The van der Waals surface area contributed by atoms with Gasteiger partial charge in [-0.15, -0.1) is 0 Å². The first kappa shape index (κ1) is 34.2. The summed E-state index contributed by atoms with van der Waals surface area (Å²) < 4.78 is 28.7. The average Bonchev–Trinajstić information content (AvgIpc) is 2.94. The molecule has 0 saturated heterocycles. The molecule has 230 valence electrons. The largest absolute Gasteiger partial charge is 0.480 e. The minimum atomic E-state index is -4.07. The van der Waals surface area contributed by atoms with Crippen LogP contribution in [0.15, 0.2) is 64.5 Å². The highest BCUT2D eigenvalue weighted by atomic mass is 32.2. The highest BCUT2D eigenvalue weighted by Gasteiger charge is 2.31. The third-order valence-corrected chi connectivity index (χ3v) is 7.86. The molecule has 0 bridgehead atoms. The first-order valence-electron chi connectivity index (χ1n) is 13.6. The summed E-state index contributed by atoms with van der Waals surface area (Å²) in [7, 11) is -4.07. The Morgan fingerprint density at radius 3 is 2.05 bits per heavy atom. The zero-order valence-electron chi connectivity index (χ0n) is 23.7. The van der Waals surface area contributed by atoms with E-state index in [4.69, 9.17) is 17.2 Å². The summed E-state index contributed by atoms with van der Waals surface area (Å²) in [4.78, 5) is 42.5. The van der Waals surface area contributed by atoms with Crippen LogP contribution in [0.4, 0.5) is 0 Å². The van der Waals surface area contributed by atoms with E-state index in [9.17, 15) is 27.9 Å². The first-order chi connectivity index (χ1) is 19.9. The second kappa shape index (κ2) is 17.1. The summed E-state index contributed by atoms with van der Waals surface area (Å²) in [6.45, 7) is 2.36. The smallest absolute Gasteiger partial charge is 0.326 e. The fourth-order valence-corrected chi connectivity index (χ4v) is 5.30. The van der Waals surface area contributed by atoms with Crippen molar-refractivity contribution in [3.05, 3.63) is 65.7 Å². The summed E-state index contributed by atoms with van der Waals surface area (Å²) in [5, 5.41) is 14.8. The molecule has 3 atom stereocenters. The van der Waals surface area contributed by atoms with Crippen molar-refractivity contribution < 1.29 is 27.9 Å². The van der Waals surface area contributed by atoms with Gasteiger partial charge >= 0.3 is 5.97 Å². The molecule has 0 fully saturated rings. The number of carbonyl (C=O) groups is 3. The number of nitrogens with one attached hydrogen (secondary N) is 3. The Bertz CT molecular complexity index is 1300. The number of guanidine groups is 1.